The molecule has 0 radical (unpaired) electrons. The summed E-state index contributed by atoms with van der Waals surface area (Å²) in [6.45, 7) is 5.41. The molecule has 2 saturated carbocycles. The zero-order valence-electron chi connectivity index (χ0n) is 31.2. The largest absolute Gasteiger partial charge is 0.493 e. The van der Waals surface area contributed by atoms with E-state index in [2.05, 4.69) is 13.8 Å². The van der Waals surface area contributed by atoms with Crippen LogP contribution in [0.4, 0.5) is 30.7 Å². The van der Waals surface area contributed by atoms with Crippen LogP contribution >= 0.6 is 0 Å². The van der Waals surface area contributed by atoms with Crippen molar-refractivity contribution in [3.63, 3.8) is 0 Å². The highest BCUT2D eigenvalue weighted by atomic mass is 19.2. The molecular formula is C43H40F7NO6. The van der Waals surface area contributed by atoms with E-state index in [1.807, 2.05) is 0 Å². The van der Waals surface area contributed by atoms with E-state index < -0.39 is 80.8 Å². The molecule has 7 nitrogen and oxygen atoms in total. The number of halogens is 7. The van der Waals surface area contributed by atoms with Crippen LogP contribution in [0.3, 0.4) is 0 Å². The van der Waals surface area contributed by atoms with Gasteiger partial charge in [0.15, 0.2) is 17.5 Å². The van der Waals surface area contributed by atoms with Crippen LogP contribution in [-0.4, -0.2) is 25.2 Å². The van der Waals surface area contributed by atoms with Crippen LogP contribution in [-0.2, 0) is 0 Å². The average molecular weight is 800 g/mol. The molecule has 2 fully saturated rings. The third-order valence-corrected chi connectivity index (χ3v) is 10.1. The van der Waals surface area contributed by atoms with Gasteiger partial charge in [-0.1, -0.05) is 39.5 Å². The number of hydrogen-bond acceptors (Lipinski definition) is 7. The van der Waals surface area contributed by atoms with Gasteiger partial charge in [-0.25, -0.2) is 40.3 Å². The van der Waals surface area contributed by atoms with Crippen molar-refractivity contribution in [2.75, 3.05) is 13.2 Å². The van der Waals surface area contributed by atoms with Crippen molar-refractivity contribution < 1.29 is 59.3 Å². The Morgan fingerprint density at radius 1 is 0.544 bits per heavy atom. The van der Waals surface area contributed by atoms with E-state index in [1.54, 1.807) is 0 Å². The summed E-state index contributed by atoms with van der Waals surface area (Å²) in [5, 5.41) is 8.65. The molecule has 0 unspecified atom stereocenters. The van der Waals surface area contributed by atoms with E-state index in [1.165, 1.54) is 30.3 Å². The van der Waals surface area contributed by atoms with Crippen molar-refractivity contribution in [3.05, 3.63) is 118 Å². The van der Waals surface area contributed by atoms with Gasteiger partial charge in [0.25, 0.3) is 0 Å². The van der Waals surface area contributed by atoms with Gasteiger partial charge in [0.1, 0.15) is 57.9 Å². The number of ether oxygens (including phenoxy) is 4. The number of nitrogens with zero attached hydrogens (tertiary/aromatic N) is 1. The van der Waals surface area contributed by atoms with Crippen LogP contribution in [0, 0.1) is 75.7 Å². The number of benzene rings is 4. The highest BCUT2D eigenvalue weighted by Crippen LogP contribution is 2.31. The molecule has 0 N–H and O–H groups in total. The molecule has 0 aliphatic heterocycles. The van der Waals surface area contributed by atoms with Gasteiger partial charge in [-0.05, 0) is 73.6 Å². The third-order valence-electron chi connectivity index (χ3n) is 10.1. The second-order valence-electron chi connectivity index (χ2n) is 14.5. The van der Waals surface area contributed by atoms with Gasteiger partial charge in [0, 0.05) is 36.4 Å². The Kier molecular flexibility index (Phi) is 14.6. The minimum atomic E-state index is -1.68. The second kappa shape index (κ2) is 19.5. The van der Waals surface area contributed by atoms with Gasteiger partial charge in [-0.15, -0.1) is 0 Å². The van der Waals surface area contributed by atoms with Crippen molar-refractivity contribution in [2.45, 2.75) is 65.2 Å². The van der Waals surface area contributed by atoms with E-state index in [4.69, 9.17) is 24.2 Å². The molecule has 0 saturated heterocycles. The molecule has 2 aliphatic rings. The summed E-state index contributed by atoms with van der Waals surface area (Å²) in [6.07, 6.45) is 8.90. The summed E-state index contributed by atoms with van der Waals surface area (Å²) in [5.74, 6) is -9.19. The van der Waals surface area contributed by atoms with Crippen molar-refractivity contribution in [1.29, 1.82) is 5.26 Å². The molecule has 14 heteroatoms. The van der Waals surface area contributed by atoms with E-state index in [0.717, 1.165) is 75.3 Å². The topological polar surface area (TPSA) is 94.9 Å². The Morgan fingerprint density at radius 2 is 0.895 bits per heavy atom. The Bertz CT molecular complexity index is 2060. The molecule has 0 heterocycles. The number of carbonyl (C=O) groups excluding carboxylic acids is 2. The molecule has 0 bridgehead atoms. The van der Waals surface area contributed by atoms with E-state index in [0.29, 0.717) is 55.1 Å². The van der Waals surface area contributed by atoms with Crippen LogP contribution in [0.2, 0.25) is 0 Å². The first-order valence-electron chi connectivity index (χ1n) is 18.5. The van der Waals surface area contributed by atoms with Gasteiger partial charge >= 0.3 is 11.9 Å². The standard InChI is InChI=1S/C22H20F3NO3.C21H20F4O3/c1-13-2-4-14(5-3-13)12-28-15-6-7-17(19(23)8-15)22(27)29-16-9-20(24)18(11-26)21(25)10-16;1-12-2-4-13(5-3-12)11-27-14-6-7-16(17(22)8-14)21(26)28-15-9-18(23)20(25)19(24)10-15/h6-10,13-14H,2-5,12H2,1H3;6-10,12-13H,2-5,11H2,1H3. The van der Waals surface area contributed by atoms with Gasteiger partial charge in [-0.2, -0.15) is 5.26 Å². The molecule has 4 aromatic rings. The van der Waals surface area contributed by atoms with Crippen molar-refractivity contribution in [3.8, 4) is 29.1 Å². The highest BCUT2D eigenvalue weighted by molar-refractivity contribution is 5.92. The van der Waals surface area contributed by atoms with Crippen molar-refractivity contribution in [2.24, 2.45) is 23.7 Å². The Labute approximate surface area is 325 Å². The molecule has 0 aromatic heterocycles. The van der Waals surface area contributed by atoms with E-state index in [-0.39, 0.29) is 5.75 Å². The molecule has 0 atom stereocenters. The summed E-state index contributed by atoms with van der Waals surface area (Å²) in [5.41, 5.74) is -1.61. The lowest BCUT2D eigenvalue weighted by molar-refractivity contribution is 0.0718. The summed E-state index contributed by atoms with van der Waals surface area (Å²) in [7, 11) is 0. The maximum Gasteiger partial charge on any atom is 0.346 e. The van der Waals surface area contributed by atoms with Gasteiger partial charge in [-0.3, -0.25) is 0 Å². The quantitative estimate of drug-likeness (QED) is 0.0682. The normalized spacial score (nSPS) is 19.0. The van der Waals surface area contributed by atoms with Gasteiger partial charge in [0.2, 0.25) is 0 Å². The van der Waals surface area contributed by atoms with Crippen LogP contribution in [0.25, 0.3) is 0 Å². The number of hydrogen-bond donors (Lipinski definition) is 0. The lowest BCUT2D eigenvalue weighted by Crippen LogP contribution is -2.19. The van der Waals surface area contributed by atoms with Crippen LogP contribution in [0.15, 0.2) is 60.7 Å². The molecule has 6 rings (SSSR count). The Morgan fingerprint density at radius 3 is 1.25 bits per heavy atom. The maximum absolute atomic E-state index is 14.3. The number of nitriles is 1. The number of carbonyl (C=O) groups is 2. The average Bonchev–Trinajstić information content (AvgIpc) is 3.16. The van der Waals surface area contributed by atoms with Crippen LogP contribution in [0.1, 0.15) is 91.5 Å². The molecular weight excluding hydrogens is 759 g/mol. The fraction of sp³-hybridized carbons (Fsp3) is 0.372. The molecule has 2 aliphatic carbocycles. The fourth-order valence-corrected chi connectivity index (χ4v) is 6.55. The molecule has 4 aromatic carbocycles. The highest BCUT2D eigenvalue weighted by Gasteiger charge is 2.23. The lowest BCUT2D eigenvalue weighted by atomic mass is 9.83. The first-order valence-corrected chi connectivity index (χ1v) is 18.5. The minimum absolute atomic E-state index is 0.284. The zero-order valence-corrected chi connectivity index (χ0v) is 31.2. The van der Waals surface area contributed by atoms with Crippen molar-refractivity contribution in [1.82, 2.24) is 0 Å². The molecule has 0 amide bonds. The predicted octanol–water partition coefficient (Wildman–Crippen LogP) is 11.1. The molecule has 302 valence electrons. The monoisotopic (exact) mass is 799 g/mol. The summed E-state index contributed by atoms with van der Waals surface area (Å²) in [6, 6.07) is 11.2. The number of rotatable bonds is 10. The fourth-order valence-electron chi connectivity index (χ4n) is 6.55. The van der Waals surface area contributed by atoms with Crippen LogP contribution in [0.5, 0.6) is 23.0 Å². The Hall–Kier alpha value is -5.58. The minimum Gasteiger partial charge on any atom is -0.493 e. The zero-order chi connectivity index (χ0) is 41.2. The van der Waals surface area contributed by atoms with Gasteiger partial charge < -0.3 is 18.9 Å². The van der Waals surface area contributed by atoms with Gasteiger partial charge in [0.05, 0.1) is 24.3 Å². The predicted molar refractivity (Wildman–Crippen MR) is 193 cm³/mol. The molecule has 57 heavy (non-hydrogen) atoms. The second-order valence-corrected chi connectivity index (χ2v) is 14.5. The Balaban J connectivity index is 0.000000218. The first-order chi connectivity index (χ1) is 27.2. The van der Waals surface area contributed by atoms with E-state index >= 15 is 0 Å². The smallest absolute Gasteiger partial charge is 0.346 e. The lowest BCUT2D eigenvalue weighted by Gasteiger charge is -2.26. The SMILES string of the molecule is CC1CCC(COc2ccc(C(=O)Oc3cc(F)c(C#N)c(F)c3)c(F)c2)CC1.CC1CCC(COc2ccc(C(=O)Oc3cc(F)c(F)c(F)c3)c(F)c2)CC1. The van der Waals surface area contributed by atoms with E-state index in [9.17, 15) is 40.3 Å². The summed E-state index contributed by atoms with van der Waals surface area (Å²) < 4.78 is 116. The third kappa shape index (κ3) is 11.7. The molecule has 0 spiro atoms. The number of esters is 2. The van der Waals surface area contributed by atoms with Crippen LogP contribution < -0.4 is 18.9 Å². The summed E-state index contributed by atoms with van der Waals surface area (Å²) in [4.78, 5) is 24.2. The summed E-state index contributed by atoms with van der Waals surface area (Å²) >= 11 is 0. The maximum atomic E-state index is 14.3. The van der Waals surface area contributed by atoms with Crippen molar-refractivity contribution >= 4 is 11.9 Å². The first kappa shape index (κ1) is 42.6.